The molecule has 0 spiro atoms. The third kappa shape index (κ3) is 4.46. The predicted molar refractivity (Wildman–Crippen MR) is 100 cm³/mol. The first-order valence-corrected chi connectivity index (χ1v) is 8.93. The summed E-state index contributed by atoms with van der Waals surface area (Å²) in [4.78, 5) is 13.7. The Labute approximate surface area is 146 Å². The van der Waals surface area contributed by atoms with E-state index in [-0.39, 0.29) is 5.91 Å². The zero-order valence-electron chi connectivity index (χ0n) is 13.4. The second-order valence-corrected chi connectivity index (χ2v) is 6.51. The summed E-state index contributed by atoms with van der Waals surface area (Å²) in [5, 5.41) is 3.91. The Morgan fingerprint density at radius 2 is 1.50 bits per heavy atom. The number of nitrogens with one attached hydrogen (secondary N) is 1. The highest BCUT2D eigenvalue weighted by atomic mass is 32.1. The molecule has 0 bridgehead atoms. The molecule has 3 nitrogen and oxygen atoms in total. The summed E-state index contributed by atoms with van der Waals surface area (Å²) in [5.41, 5.74) is 4.91. The van der Waals surface area contributed by atoms with Crippen molar-refractivity contribution in [2.45, 2.75) is 19.3 Å². The van der Waals surface area contributed by atoms with Gasteiger partial charge in [-0.2, -0.15) is 0 Å². The van der Waals surface area contributed by atoms with Crippen molar-refractivity contribution in [3.63, 3.8) is 0 Å². The number of carbonyl (C=O) groups is 1. The molecule has 0 saturated heterocycles. The molecule has 0 radical (unpaired) electrons. The molecule has 1 N–H and O–H groups in total. The standard InChI is InChI=1S/C20H20N2OS/c23-20(15-7-13-19-14-8-16-24-19)21-22(17-9-3-1-4-10-17)18-11-5-2-6-12-18/h1-6,8-12,14,16H,7,13,15H2,(H,21,23). The highest BCUT2D eigenvalue weighted by Crippen LogP contribution is 2.22. The molecule has 0 fully saturated rings. The minimum absolute atomic E-state index is 0.0271. The van der Waals surface area contributed by atoms with Gasteiger partial charge in [0.25, 0.3) is 0 Å². The molecule has 1 amide bonds. The number of rotatable bonds is 7. The number of amides is 1. The number of nitrogens with zero attached hydrogens (tertiary/aromatic N) is 1. The minimum atomic E-state index is 0.0271. The van der Waals surface area contributed by atoms with Crippen LogP contribution in [0.3, 0.4) is 0 Å². The van der Waals surface area contributed by atoms with Crippen molar-refractivity contribution >= 4 is 28.6 Å². The maximum Gasteiger partial charge on any atom is 0.238 e. The van der Waals surface area contributed by atoms with Gasteiger partial charge >= 0.3 is 0 Å². The van der Waals surface area contributed by atoms with Crippen LogP contribution in [0.1, 0.15) is 17.7 Å². The molecule has 24 heavy (non-hydrogen) atoms. The van der Waals surface area contributed by atoms with Crippen LogP contribution in [0.15, 0.2) is 78.2 Å². The maximum atomic E-state index is 12.4. The molecule has 0 aliphatic rings. The minimum Gasteiger partial charge on any atom is -0.273 e. The number of hydrogen-bond donors (Lipinski definition) is 1. The Hall–Kier alpha value is -2.59. The fourth-order valence-corrected chi connectivity index (χ4v) is 3.24. The lowest BCUT2D eigenvalue weighted by atomic mass is 10.2. The van der Waals surface area contributed by atoms with E-state index in [4.69, 9.17) is 0 Å². The molecule has 122 valence electrons. The molecule has 0 unspecified atom stereocenters. The summed E-state index contributed by atoms with van der Waals surface area (Å²) >= 11 is 1.74. The molecule has 0 aliphatic carbocycles. The summed E-state index contributed by atoms with van der Waals surface area (Å²) in [7, 11) is 0. The van der Waals surface area contributed by atoms with Crippen molar-refractivity contribution in [2.75, 3.05) is 5.01 Å². The van der Waals surface area contributed by atoms with Gasteiger partial charge in [-0.1, -0.05) is 42.5 Å². The Kier molecular flexibility index (Phi) is 5.64. The normalized spacial score (nSPS) is 10.3. The van der Waals surface area contributed by atoms with Crippen molar-refractivity contribution < 1.29 is 4.79 Å². The number of aryl methyl sites for hydroxylation is 1. The van der Waals surface area contributed by atoms with Crippen LogP contribution in [0.4, 0.5) is 11.4 Å². The van der Waals surface area contributed by atoms with Crippen LogP contribution in [0.2, 0.25) is 0 Å². The summed E-state index contributed by atoms with van der Waals surface area (Å²) in [6, 6.07) is 23.9. The Morgan fingerprint density at radius 1 is 0.875 bits per heavy atom. The van der Waals surface area contributed by atoms with Gasteiger partial charge in [-0.3, -0.25) is 15.2 Å². The van der Waals surface area contributed by atoms with Crippen molar-refractivity contribution in [1.29, 1.82) is 0 Å². The van der Waals surface area contributed by atoms with Crippen molar-refractivity contribution in [3.05, 3.63) is 83.1 Å². The molecule has 2 aromatic carbocycles. The average molecular weight is 336 g/mol. The quantitative estimate of drug-likeness (QED) is 0.620. The Balaban J connectivity index is 1.64. The molecule has 0 saturated carbocycles. The first-order valence-electron chi connectivity index (χ1n) is 8.05. The van der Waals surface area contributed by atoms with E-state index in [1.54, 1.807) is 11.3 Å². The summed E-state index contributed by atoms with van der Waals surface area (Å²) in [6.07, 6.45) is 2.31. The monoisotopic (exact) mass is 336 g/mol. The van der Waals surface area contributed by atoms with Crippen LogP contribution in [0.25, 0.3) is 0 Å². The van der Waals surface area contributed by atoms with E-state index in [9.17, 15) is 4.79 Å². The summed E-state index contributed by atoms with van der Waals surface area (Å²) < 4.78 is 0. The van der Waals surface area contributed by atoms with Gasteiger partial charge in [-0.05, 0) is 48.6 Å². The van der Waals surface area contributed by atoms with Gasteiger partial charge < -0.3 is 0 Å². The maximum absolute atomic E-state index is 12.4. The van der Waals surface area contributed by atoms with E-state index in [1.807, 2.05) is 71.7 Å². The molecular formula is C20H20N2OS. The van der Waals surface area contributed by atoms with Gasteiger partial charge in [0.15, 0.2) is 0 Å². The van der Waals surface area contributed by atoms with Gasteiger partial charge in [0.05, 0.1) is 11.4 Å². The molecule has 3 rings (SSSR count). The van der Waals surface area contributed by atoms with E-state index in [0.717, 1.165) is 24.2 Å². The lowest BCUT2D eigenvalue weighted by Gasteiger charge is -2.25. The number of para-hydroxylation sites is 2. The van der Waals surface area contributed by atoms with E-state index in [2.05, 4.69) is 16.9 Å². The number of anilines is 2. The third-order valence-corrected chi connectivity index (χ3v) is 4.61. The molecule has 1 heterocycles. The number of carbonyl (C=O) groups excluding carboxylic acids is 1. The van der Waals surface area contributed by atoms with Crippen LogP contribution in [0, 0.1) is 0 Å². The van der Waals surface area contributed by atoms with E-state index < -0.39 is 0 Å². The molecular weight excluding hydrogens is 316 g/mol. The van der Waals surface area contributed by atoms with E-state index in [0.29, 0.717) is 6.42 Å². The number of benzene rings is 2. The summed E-state index contributed by atoms with van der Waals surface area (Å²) in [6.45, 7) is 0. The average Bonchev–Trinajstić information content (AvgIpc) is 3.15. The molecule has 4 heteroatoms. The second-order valence-electron chi connectivity index (χ2n) is 5.47. The van der Waals surface area contributed by atoms with Gasteiger partial charge in [-0.25, -0.2) is 0 Å². The molecule has 0 aliphatic heterocycles. The second kappa shape index (κ2) is 8.31. The number of hydrazine groups is 1. The molecule has 1 aromatic heterocycles. The van der Waals surface area contributed by atoms with Crippen molar-refractivity contribution in [2.24, 2.45) is 0 Å². The van der Waals surface area contributed by atoms with E-state index >= 15 is 0 Å². The van der Waals surface area contributed by atoms with Gasteiger partial charge in [0.1, 0.15) is 0 Å². The van der Waals surface area contributed by atoms with Gasteiger partial charge in [0.2, 0.25) is 5.91 Å². The fraction of sp³-hybridized carbons (Fsp3) is 0.150. The predicted octanol–water partition coefficient (Wildman–Crippen LogP) is 4.94. The zero-order valence-corrected chi connectivity index (χ0v) is 14.2. The van der Waals surface area contributed by atoms with Crippen LogP contribution in [-0.4, -0.2) is 5.91 Å². The lowest BCUT2D eigenvalue weighted by molar-refractivity contribution is -0.121. The molecule has 0 atom stereocenters. The first kappa shape index (κ1) is 16.3. The largest absolute Gasteiger partial charge is 0.273 e. The van der Waals surface area contributed by atoms with Crippen LogP contribution in [-0.2, 0) is 11.2 Å². The van der Waals surface area contributed by atoms with Crippen LogP contribution >= 0.6 is 11.3 Å². The van der Waals surface area contributed by atoms with Crippen LogP contribution in [0.5, 0.6) is 0 Å². The highest BCUT2D eigenvalue weighted by Gasteiger charge is 2.12. The fourth-order valence-electron chi connectivity index (χ4n) is 2.49. The smallest absolute Gasteiger partial charge is 0.238 e. The highest BCUT2D eigenvalue weighted by molar-refractivity contribution is 7.09. The molecule has 3 aromatic rings. The summed E-state index contributed by atoms with van der Waals surface area (Å²) in [5.74, 6) is 0.0271. The van der Waals surface area contributed by atoms with Crippen LogP contribution < -0.4 is 10.4 Å². The van der Waals surface area contributed by atoms with Crippen molar-refractivity contribution in [3.8, 4) is 0 Å². The van der Waals surface area contributed by atoms with Crippen molar-refractivity contribution in [1.82, 2.24) is 5.43 Å². The van der Waals surface area contributed by atoms with E-state index in [1.165, 1.54) is 4.88 Å². The number of hydrogen-bond acceptors (Lipinski definition) is 3. The SMILES string of the molecule is O=C(CCCc1cccs1)NN(c1ccccc1)c1ccccc1. The third-order valence-electron chi connectivity index (χ3n) is 3.67. The zero-order chi connectivity index (χ0) is 16.6. The Morgan fingerprint density at radius 3 is 2.04 bits per heavy atom. The number of thiophene rings is 1. The Bertz CT molecular complexity index is 702. The first-order chi connectivity index (χ1) is 11.8. The van der Waals surface area contributed by atoms with Gasteiger partial charge in [0, 0.05) is 11.3 Å². The lowest BCUT2D eigenvalue weighted by Crippen LogP contribution is -2.38. The van der Waals surface area contributed by atoms with Gasteiger partial charge in [-0.15, -0.1) is 11.3 Å². The topological polar surface area (TPSA) is 32.3 Å².